The molecule has 0 radical (unpaired) electrons. The Balaban J connectivity index is 1.09. The lowest BCUT2D eigenvalue weighted by atomic mass is 9.96. The quantitative estimate of drug-likeness (QED) is 0.0197. The van der Waals surface area contributed by atoms with Crippen LogP contribution in [0.2, 0.25) is 0 Å². The maximum Gasteiger partial charge on any atom is 0.317 e. The van der Waals surface area contributed by atoms with Gasteiger partial charge in [0.25, 0.3) is 0 Å². The van der Waals surface area contributed by atoms with Crippen LogP contribution < -0.4 is 74.8 Å². The molecule has 0 bridgehead atoms. The number of aliphatic hydroxyl groups excluding tert-OH is 1. The summed E-state index contributed by atoms with van der Waals surface area (Å²) < 4.78 is 0. The molecule has 0 aliphatic carbocycles. The van der Waals surface area contributed by atoms with E-state index in [-0.39, 0.29) is 128 Å². The van der Waals surface area contributed by atoms with Crippen LogP contribution >= 0.6 is 0 Å². The smallest absolute Gasteiger partial charge is 0.317 e. The minimum atomic E-state index is -1.55. The zero-order valence-electron chi connectivity index (χ0n) is 66.9. The summed E-state index contributed by atoms with van der Waals surface area (Å²) in [5.74, 6) is -13.9. The van der Waals surface area contributed by atoms with Gasteiger partial charge < -0.3 is 105 Å². The zero-order chi connectivity index (χ0) is 85.3. The summed E-state index contributed by atoms with van der Waals surface area (Å²) in [6.07, 6.45) is 2.51. The molecule has 2 aliphatic heterocycles. The van der Waals surface area contributed by atoms with Crippen molar-refractivity contribution in [2.24, 2.45) is 29.2 Å². The molecule has 18 N–H and O–H groups in total. The number of primary amides is 2. The number of carbonyl (C=O) groups is 15. The standard InChI is InChI=1S/C78H117N19O19/c1-45(2)33-57(62(98)37-65(101)87-58(71(80)108)34-46(3)4)92-76(113)60(36-52-39-81-44-84-52)88-66(102)40-83-77(114)70(47(5)6)93-72(109)48(7)85-73(110)55(18-17-50-38-82-54-16-12-11-15-53(50)54)90-74(111)56(19-21-63(79)99)91-75(112)59(35-49-13-9-8-10-14-49)89-67(103)41-94-25-23-51(24-26-94)86-64(100)22-20-61(78(115)116)97-31-29-95(42-68(104)105)27-28-96(30-32-97)43-69(106)107/h8-16,38-39,44-48,51,55-62,70,82,98H,17-37,40-43H2,1-7H3,(H2,79,99)(H2,80,108)(H,81,84)(H,83,114)(H,85,110)(H,86,100)(H,87,101)(H,88,102)(H,89,103)(H,90,111)(H,91,112)(H,92,113)(H,93,109)(H,104,105)(H,106,107)(H,115,116)/p-2/t48-,55-,56-,57-,58-,59+,60?,61?,62-,70-/m0/s1. The fraction of sp³-hybridized carbons (Fsp3) is 0.590. The lowest BCUT2D eigenvalue weighted by Gasteiger charge is -2.34. The van der Waals surface area contributed by atoms with Crippen LogP contribution in [-0.2, 0) is 91.2 Å². The third-order valence-corrected chi connectivity index (χ3v) is 20.1. The summed E-state index contributed by atoms with van der Waals surface area (Å²) in [6, 6.07) is 4.01. The maximum absolute atomic E-state index is 14.7. The summed E-state index contributed by atoms with van der Waals surface area (Å²) in [5.41, 5.74) is 13.7. The third kappa shape index (κ3) is 32.7. The molecule has 10 atom stereocenters. The van der Waals surface area contributed by atoms with Crippen molar-refractivity contribution in [2.45, 2.75) is 198 Å². The molecule has 2 fully saturated rings. The predicted octanol–water partition coefficient (Wildman–Crippen LogP) is -5.19. The molecule has 0 spiro atoms. The van der Waals surface area contributed by atoms with Gasteiger partial charge in [0.2, 0.25) is 70.9 Å². The molecule has 2 aromatic heterocycles. The Morgan fingerprint density at radius 2 is 1.14 bits per heavy atom. The first-order valence-corrected chi connectivity index (χ1v) is 39.3. The van der Waals surface area contributed by atoms with E-state index in [2.05, 4.69) is 68.1 Å². The number of benzene rings is 2. The number of aliphatic carboxylic acids is 3. The Morgan fingerprint density at radius 3 is 1.74 bits per heavy atom. The molecule has 2 aliphatic rings. The van der Waals surface area contributed by atoms with Crippen molar-refractivity contribution < 1.29 is 92.3 Å². The van der Waals surface area contributed by atoms with Gasteiger partial charge in [-0.2, -0.15) is 0 Å². The second-order valence-electron chi connectivity index (χ2n) is 30.9. The van der Waals surface area contributed by atoms with E-state index in [4.69, 9.17) is 11.5 Å². The van der Waals surface area contributed by atoms with Crippen molar-refractivity contribution >= 4 is 99.7 Å². The number of carboxylic acid groups (broad SMARTS) is 3. The number of fused-ring (bicyclic) bond motifs is 1. The first kappa shape index (κ1) is 93.9. The fourth-order valence-electron chi connectivity index (χ4n) is 13.9. The number of carboxylic acids is 3. The highest BCUT2D eigenvalue weighted by atomic mass is 16.4. The molecule has 6 rings (SSSR count). The Kier molecular flexibility index (Phi) is 38.2. The van der Waals surface area contributed by atoms with E-state index >= 15 is 0 Å². The number of carbonyl (C=O) groups excluding carboxylic acids is 14. The number of nitrogens with one attached hydrogen (secondary N) is 12. The van der Waals surface area contributed by atoms with E-state index in [9.17, 15) is 92.3 Å². The Bertz CT molecular complexity index is 3940. The molecule has 38 heteroatoms. The van der Waals surface area contributed by atoms with E-state index in [1.165, 1.54) is 24.3 Å². The van der Waals surface area contributed by atoms with Gasteiger partial charge in [0.1, 0.15) is 42.3 Å². The highest BCUT2D eigenvalue weighted by Gasteiger charge is 2.36. The van der Waals surface area contributed by atoms with Gasteiger partial charge in [-0.3, -0.25) is 81.9 Å². The SMILES string of the molecule is CC(C)C[C@H](NC(=O)C[C@H](O)[C@H](CC(C)C)NC(=O)C(Cc1cnc[nH]1)NC(=O)CNC(=O)[C@@H](NC(=O)[C@H](C)NC(=O)[C@H](CCc1c[nH]c2ccccc12)NC(=O)[C@H](CCC(N)=O)NC(=O)[C@@H](Cc1ccccc1)NC(=O)CN1CCC(NC(=O)CCC(C(=O)[O-])N2CCN(CC(=O)[O-])CCN(CC(=O)O)CC2)CC1)C(C)C)C(N)=O. The molecule has 38 nitrogen and oxygen atoms in total. The number of hydrogen-bond acceptors (Lipinski definition) is 23. The zero-order valence-corrected chi connectivity index (χ0v) is 66.9. The second-order valence-corrected chi connectivity index (χ2v) is 30.9. The molecule has 4 heterocycles. The second kappa shape index (κ2) is 47.2. The van der Waals surface area contributed by atoms with Crippen molar-refractivity contribution in [3.05, 3.63) is 90.1 Å². The van der Waals surface area contributed by atoms with Crippen molar-refractivity contribution in [3.8, 4) is 0 Å². The molecule has 0 saturated carbocycles. The van der Waals surface area contributed by atoms with Gasteiger partial charge in [0.15, 0.2) is 0 Å². The highest BCUT2D eigenvalue weighted by molar-refractivity contribution is 5.98. The lowest BCUT2D eigenvalue weighted by Crippen LogP contribution is -2.59. The van der Waals surface area contributed by atoms with E-state index < -0.39 is 181 Å². The van der Waals surface area contributed by atoms with E-state index in [0.29, 0.717) is 37.2 Å². The highest BCUT2D eigenvalue weighted by Crippen LogP contribution is 2.22. The number of aliphatic hydroxyl groups is 1. The average Bonchev–Trinajstić information content (AvgIpc) is 1.62. The summed E-state index contributed by atoms with van der Waals surface area (Å²) in [6.45, 7) is 11.8. The van der Waals surface area contributed by atoms with Crippen molar-refractivity contribution in [3.63, 3.8) is 0 Å². The van der Waals surface area contributed by atoms with Gasteiger partial charge in [-0.1, -0.05) is 90.1 Å². The number of likely N-dealkylation sites (tertiary alicyclic amines) is 1. The van der Waals surface area contributed by atoms with Gasteiger partial charge in [0, 0.05) is 126 Å². The van der Waals surface area contributed by atoms with Crippen LogP contribution in [0.4, 0.5) is 0 Å². The molecule has 2 aromatic carbocycles. The predicted molar refractivity (Wildman–Crippen MR) is 418 cm³/mol. The van der Waals surface area contributed by atoms with Gasteiger partial charge in [-0.15, -0.1) is 0 Å². The summed E-state index contributed by atoms with van der Waals surface area (Å²) in [4.78, 5) is 217. The van der Waals surface area contributed by atoms with Crippen LogP contribution in [0.5, 0.6) is 0 Å². The van der Waals surface area contributed by atoms with Gasteiger partial charge in [-0.25, -0.2) is 4.98 Å². The maximum atomic E-state index is 14.7. The summed E-state index contributed by atoms with van der Waals surface area (Å²) in [5, 5.41) is 72.4. The number of nitrogens with zero attached hydrogens (tertiary/aromatic N) is 5. The summed E-state index contributed by atoms with van der Waals surface area (Å²) in [7, 11) is 0. The number of aromatic nitrogens is 3. The normalized spacial score (nSPS) is 16.7. The van der Waals surface area contributed by atoms with Crippen LogP contribution in [0.1, 0.15) is 129 Å². The Morgan fingerprint density at radius 1 is 0.560 bits per heavy atom. The van der Waals surface area contributed by atoms with Gasteiger partial charge >= 0.3 is 5.97 Å². The topological polar surface area (TPSA) is 572 Å². The number of aryl methyl sites for hydroxylation is 1. The molecule has 4 aromatic rings. The van der Waals surface area contributed by atoms with Gasteiger partial charge in [-0.05, 0) is 93.2 Å². The number of para-hydroxylation sites is 1. The molecule has 2 unspecified atom stereocenters. The third-order valence-electron chi connectivity index (χ3n) is 20.1. The number of imidazole rings is 1. The first-order valence-electron chi connectivity index (χ1n) is 39.3. The number of H-pyrrole nitrogens is 2. The van der Waals surface area contributed by atoms with E-state index in [1.54, 1.807) is 60.2 Å². The molecule has 12 amide bonds. The van der Waals surface area contributed by atoms with Crippen molar-refractivity contribution in [1.82, 2.24) is 87.7 Å². The first-order chi connectivity index (χ1) is 55.0. The summed E-state index contributed by atoms with van der Waals surface area (Å²) >= 11 is 0. The monoisotopic (exact) mass is 1620 g/mol. The van der Waals surface area contributed by atoms with Crippen LogP contribution in [0.3, 0.4) is 0 Å². The van der Waals surface area contributed by atoms with Crippen molar-refractivity contribution in [1.29, 1.82) is 0 Å². The Labute approximate surface area is 673 Å². The minimum absolute atomic E-state index is 0.00638. The molecule has 2 saturated heterocycles. The number of aromatic amines is 2. The fourth-order valence-corrected chi connectivity index (χ4v) is 13.9. The lowest BCUT2D eigenvalue weighted by molar-refractivity contribution is -0.312. The molecular weight excluding hydrogens is 1510 g/mol. The number of hydrogen-bond donors (Lipinski definition) is 16. The number of piperidine rings is 1. The molecule has 638 valence electrons. The van der Waals surface area contributed by atoms with E-state index in [0.717, 1.165) is 16.5 Å². The largest absolute Gasteiger partial charge is 0.549 e. The average molecular weight is 1620 g/mol. The van der Waals surface area contributed by atoms with Crippen LogP contribution in [-0.4, -0.2) is 279 Å². The van der Waals surface area contributed by atoms with Gasteiger partial charge in [0.05, 0.1) is 56.5 Å². The number of amides is 12. The van der Waals surface area contributed by atoms with Crippen LogP contribution in [0.25, 0.3) is 10.9 Å². The number of nitrogens with two attached hydrogens (primary N) is 2. The minimum Gasteiger partial charge on any atom is -0.549 e. The van der Waals surface area contributed by atoms with Crippen molar-refractivity contribution in [2.75, 3.05) is 78.5 Å². The number of rotatable bonds is 47. The Hall–Kier alpha value is -11.0. The van der Waals surface area contributed by atoms with E-state index in [1.807, 2.05) is 56.9 Å². The molecular formula is C78H115N19O19-2. The van der Waals surface area contributed by atoms with Crippen LogP contribution in [0, 0.1) is 17.8 Å². The molecule has 116 heavy (non-hydrogen) atoms. The van der Waals surface area contributed by atoms with Crippen LogP contribution in [0.15, 0.2) is 73.3 Å².